The number of carbonyl (C=O) groups is 1. The zero-order valence-electron chi connectivity index (χ0n) is 19.5. The largest absolute Gasteiger partial charge is 0.479 e. The second kappa shape index (κ2) is 9.10. The fourth-order valence-electron chi connectivity index (χ4n) is 4.60. The van der Waals surface area contributed by atoms with Crippen LogP contribution in [-0.2, 0) is 4.74 Å². The number of pyridine rings is 1. The minimum atomic E-state index is -0.707. The van der Waals surface area contributed by atoms with Crippen LogP contribution in [0, 0.1) is 11.6 Å². The number of anilines is 1. The topological polar surface area (TPSA) is 107 Å². The summed E-state index contributed by atoms with van der Waals surface area (Å²) < 4.78 is 43.6. The molecule has 0 unspecified atom stereocenters. The third-order valence-corrected chi connectivity index (χ3v) is 6.40. The van der Waals surface area contributed by atoms with Gasteiger partial charge in [0.25, 0.3) is 5.91 Å². The van der Waals surface area contributed by atoms with Gasteiger partial charge in [0.15, 0.2) is 17.3 Å². The van der Waals surface area contributed by atoms with Crippen molar-refractivity contribution in [2.75, 3.05) is 26.6 Å². The highest BCUT2D eigenvalue weighted by atomic mass is 19.1. The summed E-state index contributed by atoms with van der Waals surface area (Å²) in [5.41, 5.74) is 0.531. The molecule has 2 N–H and O–H groups in total. The number of methoxy groups -OCH3 is 2. The maximum atomic E-state index is 15.3. The van der Waals surface area contributed by atoms with E-state index in [1.807, 2.05) is 0 Å². The Kier molecular flexibility index (Phi) is 5.97. The summed E-state index contributed by atoms with van der Waals surface area (Å²) in [6.07, 6.45) is 7.80. The molecular weight excluding hydrogens is 460 g/mol. The Bertz CT molecular complexity index is 1410. The van der Waals surface area contributed by atoms with Gasteiger partial charge in [0.05, 0.1) is 31.2 Å². The number of rotatable bonds is 6. The molecule has 184 valence electrons. The van der Waals surface area contributed by atoms with Gasteiger partial charge in [0, 0.05) is 32.0 Å². The van der Waals surface area contributed by atoms with E-state index in [9.17, 15) is 9.18 Å². The predicted molar refractivity (Wildman–Crippen MR) is 124 cm³/mol. The first-order valence-corrected chi connectivity index (χ1v) is 11.2. The standard InChI is InChI=1S/C23H25F2N7O3/c1-26-21(33)17-9-27-20-15(24)8-12(10-31(17)20)18-16(25)11-32-19(18)22(35-3)29-23(30-32)28-13-4-6-14(34-2)7-5-13/h8-11,13-14H,4-7H2,1-3H3,(H,26,33)(H,28,30)/t13-,14+. The van der Waals surface area contributed by atoms with Crippen LogP contribution in [0.3, 0.4) is 0 Å². The van der Waals surface area contributed by atoms with Crippen LogP contribution in [0.1, 0.15) is 36.2 Å². The number of imidazole rings is 1. The fourth-order valence-corrected chi connectivity index (χ4v) is 4.60. The second-order valence-corrected chi connectivity index (χ2v) is 8.44. The molecule has 0 aromatic carbocycles. The summed E-state index contributed by atoms with van der Waals surface area (Å²) in [5, 5.41) is 10.2. The van der Waals surface area contributed by atoms with E-state index in [0.717, 1.165) is 31.7 Å². The number of fused-ring (bicyclic) bond motifs is 2. The van der Waals surface area contributed by atoms with E-state index in [2.05, 4.69) is 25.7 Å². The van der Waals surface area contributed by atoms with E-state index < -0.39 is 17.5 Å². The number of hydrogen-bond donors (Lipinski definition) is 2. The highest BCUT2D eigenvalue weighted by Crippen LogP contribution is 2.35. The van der Waals surface area contributed by atoms with Gasteiger partial charge in [-0.05, 0) is 31.7 Å². The number of nitrogens with zero attached hydrogens (tertiary/aromatic N) is 5. The molecule has 0 spiro atoms. The number of ether oxygens (including phenoxy) is 2. The molecule has 10 nitrogen and oxygen atoms in total. The van der Waals surface area contributed by atoms with Crippen molar-refractivity contribution in [1.82, 2.24) is 29.3 Å². The average Bonchev–Trinajstić information content (AvgIpc) is 3.44. The van der Waals surface area contributed by atoms with Crippen LogP contribution in [0.5, 0.6) is 5.88 Å². The summed E-state index contributed by atoms with van der Waals surface area (Å²) in [5.74, 6) is -1.37. The summed E-state index contributed by atoms with van der Waals surface area (Å²) in [7, 11) is 4.60. The number of amides is 1. The first-order chi connectivity index (χ1) is 16.9. The van der Waals surface area contributed by atoms with Crippen LogP contribution < -0.4 is 15.4 Å². The first kappa shape index (κ1) is 23.0. The lowest BCUT2D eigenvalue weighted by molar-refractivity contribution is 0.0681. The molecule has 1 amide bonds. The number of carbonyl (C=O) groups excluding carboxylic acids is 1. The third kappa shape index (κ3) is 4.03. The molecule has 1 saturated carbocycles. The number of hydrogen-bond acceptors (Lipinski definition) is 7. The molecule has 1 aliphatic rings. The van der Waals surface area contributed by atoms with Crippen LogP contribution in [0.15, 0.2) is 24.7 Å². The smallest absolute Gasteiger partial charge is 0.269 e. The van der Waals surface area contributed by atoms with Gasteiger partial charge in [-0.15, -0.1) is 5.10 Å². The van der Waals surface area contributed by atoms with Crippen molar-refractivity contribution in [3.8, 4) is 17.0 Å². The third-order valence-electron chi connectivity index (χ3n) is 6.40. The SMILES string of the molecule is CNC(=O)c1cnc2c(F)cc(-c3c(F)cn4nc(N[C@H]5CC[C@@H](OC)CC5)nc(OC)c34)cn12. The Morgan fingerprint density at radius 1 is 1.14 bits per heavy atom. The molecule has 0 saturated heterocycles. The van der Waals surface area contributed by atoms with Gasteiger partial charge in [-0.3, -0.25) is 9.20 Å². The summed E-state index contributed by atoms with van der Waals surface area (Å²) in [4.78, 5) is 20.6. The van der Waals surface area contributed by atoms with Crippen LogP contribution in [0.4, 0.5) is 14.7 Å². The van der Waals surface area contributed by atoms with Crippen LogP contribution in [0.25, 0.3) is 22.3 Å². The number of halogens is 2. The van der Waals surface area contributed by atoms with Crippen molar-refractivity contribution < 1.29 is 23.0 Å². The number of aromatic nitrogens is 5. The van der Waals surface area contributed by atoms with Crippen molar-refractivity contribution in [2.24, 2.45) is 0 Å². The molecule has 35 heavy (non-hydrogen) atoms. The minimum Gasteiger partial charge on any atom is -0.479 e. The molecule has 0 aliphatic heterocycles. The van der Waals surface area contributed by atoms with E-state index in [4.69, 9.17) is 9.47 Å². The lowest BCUT2D eigenvalue weighted by atomic mass is 9.93. The summed E-state index contributed by atoms with van der Waals surface area (Å²) in [6, 6.07) is 1.32. The minimum absolute atomic E-state index is 0.0471. The van der Waals surface area contributed by atoms with E-state index in [1.165, 1.54) is 41.7 Å². The normalized spacial score (nSPS) is 18.2. The van der Waals surface area contributed by atoms with Gasteiger partial charge in [0.1, 0.15) is 11.2 Å². The van der Waals surface area contributed by atoms with E-state index in [-0.39, 0.29) is 46.0 Å². The Morgan fingerprint density at radius 3 is 2.60 bits per heavy atom. The molecule has 12 heteroatoms. The molecule has 0 radical (unpaired) electrons. The Balaban J connectivity index is 1.57. The molecule has 0 atom stereocenters. The summed E-state index contributed by atoms with van der Waals surface area (Å²) >= 11 is 0. The van der Waals surface area contributed by atoms with Gasteiger partial charge in [-0.25, -0.2) is 18.3 Å². The molecular formula is C23H25F2N7O3. The fraction of sp³-hybridized carbons (Fsp3) is 0.391. The van der Waals surface area contributed by atoms with Crippen molar-refractivity contribution in [3.63, 3.8) is 0 Å². The maximum absolute atomic E-state index is 15.3. The molecule has 4 heterocycles. The average molecular weight is 485 g/mol. The van der Waals surface area contributed by atoms with Crippen molar-refractivity contribution >= 4 is 23.0 Å². The quantitative estimate of drug-likeness (QED) is 0.432. The van der Waals surface area contributed by atoms with Gasteiger partial charge >= 0.3 is 0 Å². The lowest BCUT2D eigenvalue weighted by Crippen LogP contribution is -2.30. The summed E-state index contributed by atoms with van der Waals surface area (Å²) in [6.45, 7) is 0. The van der Waals surface area contributed by atoms with Crippen LogP contribution in [-0.4, -0.2) is 63.3 Å². The van der Waals surface area contributed by atoms with Gasteiger partial charge in [-0.1, -0.05) is 0 Å². The zero-order valence-corrected chi connectivity index (χ0v) is 19.5. The lowest BCUT2D eigenvalue weighted by Gasteiger charge is -2.28. The second-order valence-electron chi connectivity index (χ2n) is 8.44. The Labute approximate surface area is 199 Å². The predicted octanol–water partition coefficient (Wildman–Crippen LogP) is 3.06. The zero-order chi connectivity index (χ0) is 24.7. The van der Waals surface area contributed by atoms with E-state index >= 15 is 4.39 Å². The van der Waals surface area contributed by atoms with Gasteiger partial charge in [-0.2, -0.15) is 4.98 Å². The molecule has 1 aliphatic carbocycles. The monoisotopic (exact) mass is 485 g/mol. The highest BCUT2D eigenvalue weighted by Gasteiger charge is 2.25. The Hall–Kier alpha value is -3.80. The number of nitrogens with one attached hydrogen (secondary N) is 2. The Morgan fingerprint density at radius 2 is 1.91 bits per heavy atom. The van der Waals surface area contributed by atoms with Crippen molar-refractivity contribution in [3.05, 3.63) is 42.0 Å². The highest BCUT2D eigenvalue weighted by molar-refractivity contribution is 5.93. The van der Waals surface area contributed by atoms with Gasteiger partial charge < -0.3 is 20.1 Å². The molecule has 5 rings (SSSR count). The molecule has 4 aromatic rings. The molecule has 1 fully saturated rings. The van der Waals surface area contributed by atoms with Crippen LogP contribution >= 0.6 is 0 Å². The first-order valence-electron chi connectivity index (χ1n) is 11.2. The van der Waals surface area contributed by atoms with Crippen molar-refractivity contribution in [2.45, 2.75) is 37.8 Å². The molecule has 4 aromatic heterocycles. The van der Waals surface area contributed by atoms with Crippen LogP contribution in [0.2, 0.25) is 0 Å². The van der Waals surface area contributed by atoms with Crippen molar-refractivity contribution in [1.29, 1.82) is 0 Å². The molecule has 0 bridgehead atoms. The maximum Gasteiger partial charge on any atom is 0.269 e. The van der Waals surface area contributed by atoms with E-state index in [1.54, 1.807) is 7.11 Å². The van der Waals surface area contributed by atoms with Gasteiger partial charge in [0.2, 0.25) is 11.8 Å². The van der Waals surface area contributed by atoms with E-state index in [0.29, 0.717) is 5.95 Å².